The highest BCUT2D eigenvalue weighted by molar-refractivity contribution is 7.91. The van der Waals surface area contributed by atoms with E-state index >= 15 is 0 Å². The van der Waals surface area contributed by atoms with Crippen molar-refractivity contribution in [2.24, 2.45) is 0 Å². The molecule has 2 aromatic rings. The molecule has 0 radical (unpaired) electrons. The van der Waals surface area contributed by atoms with Gasteiger partial charge in [0.15, 0.2) is 5.82 Å². The fourth-order valence-corrected chi connectivity index (χ4v) is 2.80. The number of hydrogen-bond acceptors (Lipinski definition) is 5. The number of sulfonamides is 1. The van der Waals surface area contributed by atoms with Crippen LogP contribution in [0.2, 0.25) is 0 Å². The molecule has 0 fully saturated rings. The average molecular weight is 307 g/mol. The minimum Gasteiger partial charge on any atom is -0.474 e. The maximum absolute atomic E-state index is 12.0. The molecular formula is C14H17N3O3S. The van der Waals surface area contributed by atoms with E-state index in [1.54, 1.807) is 30.3 Å². The Morgan fingerprint density at radius 2 is 1.81 bits per heavy atom. The Morgan fingerprint density at radius 3 is 2.38 bits per heavy atom. The van der Waals surface area contributed by atoms with Gasteiger partial charge in [0.1, 0.15) is 0 Å². The summed E-state index contributed by atoms with van der Waals surface area (Å²) in [5.41, 5.74) is 0.706. The van der Waals surface area contributed by atoms with Crippen LogP contribution >= 0.6 is 0 Å². The van der Waals surface area contributed by atoms with Gasteiger partial charge >= 0.3 is 0 Å². The van der Waals surface area contributed by atoms with Gasteiger partial charge in [-0.05, 0) is 25.5 Å². The summed E-state index contributed by atoms with van der Waals surface area (Å²) in [6.07, 6.45) is -0.0140. The van der Waals surface area contributed by atoms with E-state index in [0.29, 0.717) is 11.4 Å². The van der Waals surface area contributed by atoms with E-state index in [2.05, 4.69) is 14.9 Å². The highest BCUT2D eigenvalue weighted by atomic mass is 32.2. The van der Waals surface area contributed by atoms with Gasteiger partial charge in [0, 0.05) is 6.07 Å². The quantitative estimate of drug-likeness (QED) is 0.885. The maximum atomic E-state index is 12.0. The third-order valence-electron chi connectivity index (χ3n) is 2.46. The second kappa shape index (κ2) is 6.53. The lowest BCUT2D eigenvalue weighted by atomic mass is 10.2. The van der Waals surface area contributed by atoms with Gasteiger partial charge in [0.05, 0.1) is 11.9 Å². The Balaban J connectivity index is 2.03. The molecule has 1 aromatic carbocycles. The molecule has 0 bridgehead atoms. The second-order valence-electron chi connectivity index (χ2n) is 4.77. The summed E-state index contributed by atoms with van der Waals surface area (Å²) in [6.45, 7) is 3.75. The molecule has 1 aromatic heterocycles. The van der Waals surface area contributed by atoms with Crippen LogP contribution in [0.5, 0.6) is 5.88 Å². The summed E-state index contributed by atoms with van der Waals surface area (Å²) < 4.78 is 31.8. The molecule has 2 rings (SSSR count). The van der Waals surface area contributed by atoms with Gasteiger partial charge in [0.2, 0.25) is 15.9 Å². The van der Waals surface area contributed by atoms with E-state index in [9.17, 15) is 8.42 Å². The number of aromatic nitrogens is 2. The topological polar surface area (TPSA) is 81.2 Å². The van der Waals surface area contributed by atoms with E-state index < -0.39 is 10.0 Å². The first kappa shape index (κ1) is 15.2. The summed E-state index contributed by atoms with van der Waals surface area (Å²) in [7, 11) is -3.52. The zero-order chi connectivity index (χ0) is 15.3. The van der Waals surface area contributed by atoms with E-state index in [1.807, 2.05) is 19.9 Å². The lowest BCUT2D eigenvalue weighted by Gasteiger charge is -2.09. The fourth-order valence-electron chi connectivity index (χ4n) is 1.67. The number of nitrogens with zero attached hydrogens (tertiary/aromatic N) is 2. The van der Waals surface area contributed by atoms with Crippen LogP contribution in [0.4, 0.5) is 5.82 Å². The van der Waals surface area contributed by atoms with Crippen molar-refractivity contribution in [3.05, 3.63) is 48.0 Å². The smallest absolute Gasteiger partial charge is 0.238 e. The zero-order valence-electron chi connectivity index (χ0n) is 11.9. The lowest BCUT2D eigenvalue weighted by molar-refractivity contribution is 0.230. The van der Waals surface area contributed by atoms with Crippen LogP contribution in [-0.4, -0.2) is 24.7 Å². The normalized spacial score (nSPS) is 11.4. The summed E-state index contributed by atoms with van der Waals surface area (Å²) in [4.78, 5) is 0. The Kier molecular flexibility index (Phi) is 4.74. The maximum Gasteiger partial charge on any atom is 0.238 e. The van der Waals surface area contributed by atoms with Crippen LogP contribution in [0.3, 0.4) is 0 Å². The first-order chi connectivity index (χ1) is 9.94. The molecule has 0 aliphatic heterocycles. The predicted molar refractivity (Wildman–Crippen MR) is 80.5 cm³/mol. The Labute approximate surface area is 124 Å². The highest BCUT2D eigenvalue weighted by Crippen LogP contribution is 2.13. The fraction of sp³-hybridized carbons (Fsp3) is 0.286. The molecule has 0 aliphatic carbocycles. The van der Waals surface area contributed by atoms with Gasteiger partial charge < -0.3 is 4.74 Å². The first-order valence-corrected chi connectivity index (χ1v) is 8.15. The van der Waals surface area contributed by atoms with Crippen LogP contribution in [0, 0.1) is 0 Å². The van der Waals surface area contributed by atoms with Crippen LogP contribution in [-0.2, 0) is 15.8 Å². The number of anilines is 1. The SMILES string of the molecule is CC(C)Oc1ccc(NS(=O)(=O)Cc2ccccc2)nn1. The Hall–Kier alpha value is -2.15. The minimum absolute atomic E-state index is 0.0140. The van der Waals surface area contributed by atoms with Crippen molar-refractivity contribution in [2.45, 2.75) is 25.7 Å². The number of hydrogen-bond donors (Lipinski definition) is 1. The molecule has 0 atom stereocenters. The van der Waals surface area contributed by atoms with Crippen molar-refractivity contribution in [1.82, 2.24) is 10.2 Å². The molecule has 0 aliphatic rings. The van der Waals surface area contributed by atoms with Crippen molar-refractivity contribution >= 4 is 15.8 Å². The number of nitrogens with one attached hydrogen (secondary N) is 1. The largest absolute Gasteiger partial charge is 0.474 e. The van der Waals surface area contributed by atoms with Crippen LogP contribution in [0.1, 0.15) is 19.4 Å². The van der Waals surface area contributed by atoms with Gasteiger partial charge in [-0.1, -0.05) is 30.3 Å². The summed E-state index contributed by atoms with van der Waals surface area (Å²) in [5, 5.41) is 7.60. The number of rotatable bonds is 6. The molecule has 21 heavy (non-hydrogen) atoms. The van der Waals surface area contributed by atoms with Crippen molar-refractivity contribution in [3.63, 3.8) is 0 Å². The molecule has 7 heteroatoms. The van der Waals surface area contributed by atoms with E-state index in [-0.39, 0.29) is 17.7 Å². The van der Waals surface area contributed by atoms with Crippen LogP contribution in [0.15, 0.2) is 42.5 Å². The second-order valence-corrected chi connectivity index (χ2v) is 6.49. The standard InChI is InChI=1S/C14H17N3O3S/c1-11(2)20-14-9-8-13(15-16-14)17-21(18,19)10-12-6-4-3-5-7-12/h3-9,11H,10H2,1-2H3,(H,15,17). The van der Waals surface area contributed by atoms with Crippen molar-refractivity contribution in [1.29, 1.82) is 0 Å². The average Bonchev–Trinajstić information content (AvgIpc) is 2.40. The van der Waals surface area contributed by atoms with Gasteiger partial charge in [0.25, 0.3) is 0 Å². The van der Waals surface area contributed by atoms with E-state index in [1.165, 1.54) is 6.07 Å². The Bertz CT molecular complexity index is 670. The van der Waals surface area contributed by atoms with E-state index in [0.717, 1.165) is 0 Å². The van der Waals surface area contributed by atoms with Gasteiger partial charge in [-0.3, -0.25) is 4.72 Å². The molecule has 0 saturated heterocycles. The molecule has 1 N–H and O–H groups in total. The molecule has 0 spiro atoms. The summed E-state index contributed by atoms with van der Waals surface area (Å²) in [5.74, 6) is 0.415. The predicted octanol–water partition coefficient (Wildman–Crippen LogP) is 2.21. The van der Waals surface area contributed by atoms with Crippen molar-refractivity contribution in [3.8, 4) is 5.88 Å². The van der Waals surface area contributed by atoms with Gasteiger partial charge in [-0.25, -0.2) is 8.42 Å². The third-order valence-corrected chi connectivity index (χ3v) is 3.69. The van der Waals surface area contributed by atoms with E-state index in [4.69, 9.17) is 4.74 Å². The zero-order valence-corrected chi connectivity index (χ0v) is 12.7. The molecule has 0 amide bonds. The van der Waals surface area contributed by atoms with Crippen LogP contribution < -0.4 is 9.46 Å². The molecule has 6 nitrogen and oxygen atoms in total. The number of benzene rings is 1. The molecule has 1 heterocycles. The number of ether oxygens (including phenoxy) is 1. The summed E-state index contributed by atoms with van der Waals surface area (Å²) >= 11 is 0. The van der Waals surface area contributed by atoms with Gasteiger partial charge in [-0.15, -0.1) is 10.2 Å². The van der Waals surface area contributed by atoms with Gasteiger partial charge in [-0.2, -0.15) is 0 Å². The minimum atomic E-state index is -3.52. The van der Waals surface area contributed by atoms with Crippen LogP contribution in [0.25, 0.3) is 0 Å². The first-order valence-electron chi connectivity index (χ1n) is 6.49. The molecule has 0 saturated carbocycles. The molecular weight excluding hydrogens is 290 g/mol. The summed E-state index contributed by atoms with van der Waals surface area (Å²) in [6, 6.07) is 12.0. The highest BCUT2D eigenvalue weighted by Gasteiger charge is 2.13. The molecule has 0 unspecified atom stereocenters. The molecule has 112 valence electrons. The monoisotopic (exact) mass is 307 g/mol. The van der Waals surface area contributed by atoms with Crippen molar-refractivity contribution in [2.75, 3.05) is 4.72 Å². The third kappa shape index (κ3) is 5.03. The Morgan fingerprint density at radius 1 is 1.10 bits per heavy atom. The van der Waals surface area contributed by atoms with Crippen molar-refractivity contribution < 1.29 is 13.2 Å². The lowest BCUT2D eigenvalue weighted by Crippen LogP contribution is -2.16.